The van der Waals surface area contributed by atoms with E-state index in [2.05, 4.69) is 5.32 Å². The van der Waals surface area contributed by atoms with E-state index in [-0.39, 0.29) is 18.1 Å². The monoisotopic (exact) mass is 426 g/mol. The van der Waals surface area contributed by atoms with Crippen LogP contribution < -0.4 is 5.32 Å². The average molecular weight is 427 g/mol. The molecule has 0 bridgehead atoms. The third-order valence-corrected chi connectivity index (χ3v) is 4.48. The summed E-state index contributed by atoms with van der Waals surface area (Å²) in [7, 11) is 3.75. The maximum absolute atomic E-state index is 12.4. The molecule has 0 spiro atoms. The highest BCUT2D eigenvalue weighted by Gasteiger charge is 2.33. The van der Waals surface area contributed by atoms with E-state index >= 15 is 0 Å². The molecule has 0 aliphatic carbocycles. The van der Waals surface area contributed by atoms with Crippen LogP contribution in [0.2, 0.25) is 5.02 Å². The van der Waals surface area contributed by atoms with Crippen molar-refractivity contribution in [3.8, 4) is 0 Å². The number of benzene rings is 1. The molecule has 2 rings (SSSR count). The summed E-state index contributed by atoms with van der Waals surface area (Å²) < 4.78 is 11.5. The van der Waals surface area contributed by atoms with Crippen molar-refractivity contribution < 1.29 is 19.1 Å². The van der Waals surface area contributed by atoms with E-state index in [1.807, 2.05) is 59.1 Å². The lowest BCUT2D eigenvalue weighted by Crippen LogP contribution is -2.44. The third kappa shape index (κ3) is 9.61. The maximum Gasteiger partial charge on any atom is 0.410 e. The van der Waals surface area contributed by atoms with Crippen LogP contribution in [-0.2, 0) is 14.3 Å². The molecule has 29 heavy (non-hydrogen) atoms. The first kappa shape index (κ1) is 25.4. The van der Waals surface area contributed by atoms with Crippen LogP contribution in [0.4, 0.5) is 4.79 Å². The molecule has 1 aromatic rings. The van der Waals surface area contributed by atoms with Crippen molar-refractivity contribution in [1.29, 1.82) is 0 Å². The Morgan fingerprint density at radius 1 is 1.38 bits per heavy atom. The molecule has 164 valence electrons. The SMILES string of the molecule is CC(C)(C)OC(=O)N1CCCC(C(OCCC=O)c2cccc(Cl)c2)C1.CNC. The molecule has 0 aromatic heterocycles. The van der Waals surface area contributed by atoms with Gasteiger partial charge in [-0.05, 0) is 65.4 Å². The third-order valence-electron chi connectivity index (χ3n) is 4.25. The van der Waals surface area contributed by atoms with Gasteiger partial charge in [0.25, 0.3) is 0 Å². The van der Waals surface area contributed by atoms with Gasteiger partial charge in [-0.3, -0.25) is 0 Å². The first-order chi connectivity index (χ1) is 13.7. The largest absolute Gasteiger partial charge is 0.444 e. The topological polar surface area (TPSA) is 67.9 Å². The first-order valence-corrected chi connectivity index (χ1v) is 10.5. The molecule has 1 aliphatic rings. The van der Waals surface area contributed by atoms with Crippen LogP contribution in [0.5, 0.6) is 0 Å². The standard InChI is InChI=1S/C20H28ClNO4.C2H7N/c1-20(2,3)26-19(24)22-10-5-8-16(14-22)18(25-12-6-11-23)15-7-4-9-17(21)13-15;1-3-2/h4,7,9,11,13,16,18H,5-6,8,10,12,14H2,1-3H3;3H,1-2H3. The van der Waals surface area contributed by atoms with Crippen molar-refractivity contribution in [1.82, 2.24) is 10.2 Å². The zero-order valence-corrected chi connectivity index (χ0v) is 19.0. The molecule has 1 saturated heterocycles. The molecule has 1 N–H and O–H groups in total. The summed E-state index contributed by atoms with van der Waals surface area (Å²) in [5, 5.41) is 3.39. The predicted octanol–water partition coefficient (Wildman–Crippen LogP) is 4.47. The number of ether oxygens (including phenoxy) is 2. The minimum absolute atomic E-state index is 0.126. The van der Waals surface area contributed by atoms with Crippen molar-refractivity contribution in [2.45, 2.75) is 51.7 Å². The van der Waals surface area contributed by atoms with Gasteiger partial charge in [-0.15, -0.1) is 0 Å². The van der Waals surface area contributed by atoms with Crippen LogP contribution in [-0.4, -0.2) is 56.7 Å². The number of hydrogen-bond donors (Lipinski definition) is 1. The van der Waals surface area contributed by atoms with Gasteiger partial charge in [0.2, 0.25) is 0 Å². The Morgan fingerprint density at radius 2 is 2.07 bits per heavy atom. The Bertz CT molecular complexity index is 633. The molecule has 2 atom stereocenters. The van der Waals surface area contributed by atoms with E-state index in [1.54, 1.807) is 4.90 Å². The van der Waals surface area contributed by atoms with E-state index < -0.39 is 5.60 Å². The van der Waals surface area contributed by atoms with Gasteiger partial charge in [-0.25, -0.2) is 4.79 Å². The Kier molecular flexibility index (Phi) is 11.2. The summed E-state index contributed by atoms with van der Waals surface area (Å²) >= 11 is 6.14. The Balaban J connectivity index is 0.00000132. The van der Waals surface area contributed by atoms with Gasteiger partial charge in [0.15, 0.2) is 0 Å². The zero-order chi connectivity index (χ0) is 21.9. The van der Waals surface area contributed by atoms with Gasteiger partial charge < -0.3 is 24.5 Å². The molecule has 1 heterocycles. The van der Waals surface area contributed by atoms with Crippen molar-refractivity contribution in [3.05, 3.63) is 34.9 Å². The highest BCUT2D eigenvalue weighted by atomic mass is 35.5. The van der Waals surface area contributed by atoms with Crippen molar-refractivity contribution in [2.75, 3.05) is 33.8 Å². The molecule has 1 aliphatic heterocycles. The Labute approximate surface area is 179 Å². The van der Waals surface area contributed by atoms with Crippen molar-refractivity contribution in [2.24, 2.45) is 5.92 Å². The summed E-state index contributed by atoms with van der Waals surface area (Å²) in [5.74, 6) is 0.126. The maximum atomic E-state index is 12.4. The van der Waals surface area contributed by atoms with Gasteiger partial charge in [0, 0.05) is 30.5 Å². The van der Waals surface area contributed by atoms with E-state index in [1.165, 1.54) is 0 Å². The van der Waals surface area contributed by atoms with Gasteiger partial charge in [-0.2, -0.15) is 0 Å². The second-order valence-corrected chi connectivity index (χ2v) is 8.57. The molecule has 6 nitrogen and oxygen atoms in total. The number of amides is 1. The van der Waals surface area contributed by atoms with E-state index in [9.17, 15) is 9.59 Å². The first-order valence-electron chi connectivity index (χ1n) is 10.1. The summed E-state index contributed by atoms with van der Waals surface area (Å²) in [4.78, 5) is 24.8. The number of rotatable bonds is 6. The summed E-state index contributed by atoms with van der Waals surface area (Å²) in [6.45, 7) is 7.19. The van der Waals surface area contributed by atoms with Gasteiger partial charge >= 0.3 is 6.09 Å². The number of hydrogen-bond acceptors (Lipinski definition) is 5. The highest BCUT2D eigenvalue weighted by Crippen LogP contribution is 2.34. The van der Waals surface area contributed by atoms with Crippen LogP contribution >= 0.6 is 11.6 Å². The lowest BCUT2D eigenvalue weighted by atomic mass is 9.88. The zero-order valence-electron chi connectivity index (χ0n) is 18.2. The Hall–Kier alpha value is -1.63. The summed E-state index contributed by atoms with van der Waals surface area (Å²) in [6.07, 6.45) is 2.52. The molecule has 1 fully saturated rings. The minimum atomic E-state index is -0.517. The van der Waals surface area contributed by atoms with Crippen LogP contribution in [0.3, 0.4) is 0 Å². The quantitative estimate of drug-likeness (QED) is 0.537. The van der Waals surface area contributed by atoms with Gasteiger partial charge in [0.05, 0.1) is 12.7 Å². The van der Waals surface area contributed by atoms with Crippen LogP contribution in [0.15, 0.2) is 24.3 Å². The highest BCUT2D eigenvalue weighted by molar-refractivity contribution is 6.30. The van der Waals surface area contributed by atoms with E-state index in [4.69, 9.17) is 21.1 Å². The number of halogens is 1. The van der Waals surface area contributed by atoms with E-state index in [0.717, 1.165) is 24.7 Å². The summed E-state index contributed by atoms with van der Waals surface area (Å²) in [6, 6.07) is 7.58. The predicted molar refractivity (Wildman–Crippen MR) is 116 cm³/mol. The van der Waals surface area contributed by atoms with Gasteiger partial charge in [-0.1, -0.05) is 23.7 Å². The smallest absolute Gasteiger partial charge is 0.410 e. The number of nitrogens with zero attached hydrogens (tertiary/aromatic N) is 1. The summed E-state index contributed by atoms with van der Waals surface area (Å²) in [5.41, 5.74) is 0.455. The number of carbonyl (C=O) groups excluding carboxylic acids is 2. The number of piperidine rings is 1. The molecular formula is C22H35ClN2O4. The van der Waals surface area contributed by atoms with E-state index in [0.29, 0.717) is 31.1 Å². The minimum Gasteiger partial charge on any atom is -0.444 e. The van der Waals surface area contributed by atoms with Crippen LogP contribution in [0.25, 0.3) is 0 Å². The normalized spacial score (nSPS) is 17.7. The molecule has 2 unspecified atom stereocenters. The average Bonchev–Trinajstić information content (AvgIpc) is 2.65. The molecule has 0 saturated carbocycles. The van der Waals surface area contributed by atoms with Crippen molar-refractivity contribution in [3.63, 3.8) is 0 Å². The fourth-order valence-electron chi connectivity index (χ4n) is 3.18. The number of carbonyl (C=O) groups is 2. The Morgan fingerprint density at radius 3 is 2.66 bits per heavy atom. The van der Waals surface area contributed by atoms with Crippen molar-refractivity contribution >= 4 is 24.0 Å². The number of nitrogens with one attached hydrogen (secondary N) is 1. The fourth-order valence-corrected chi connectivity index (χ4v) is 3.38. The van der Waals surface area contributed by atoms with Crippen LogP contribution in [0, 0.1) is 5.92 Å². The lowest BCUT2D eigenvalue weighted by Gasteiger charge is -2.37. The lowest BCUT2D eigenvalue weighted by molar-refractivity contribution is -0.109. The second-order valence-electron chi connectivity index (χ2n) is 8.13. The number of aldehydes is 1. The molecule has 1 aromatic carbocycles. The molecule has 0 radical (unpaired) electrons. The fraction of sp³-hybridized carbons (Fsp3) is 0.636. The van der Waals surface area contributed by atoms with Gasteiger partial charge in [0.1, 0.15) is 11.9 Å². The second kappa shape index (κ2) is 12.8. The number of likely N-dealkylation sites (tertiary alicyclic amines) is 1. The molecule has 7 heteroatoms. The molecule has 1 amide bonds. The van der Waals surface area contributed by atoms with Crippen LogP contribution in [0.1, 0.15) is 51.7 Å². The molecular weight excluding hydrogens is 392 g/mol.